The molecule has 0 saturated carbocycles. The first-order valence-electron chi connectivity index (χ1n) is 3.67. The van der Waals surface area contributed by atoms with Gasteiger partial charge in [-0.15, -0.1) is 0 Å². The molecule has 13 heavy (non-hydrogen) atoms. The molecule has 0 radical (unpaired) electrons. The summed E-state index contributed by atoms with van der Waals surface area (Å²) in [5, 5.41) is 8.75. The van der Waals surface area contributed by atoms with Gasteiger partial charge in [0.15, 0.2) is 0 Å². The van der Waals surface area contributed by atoms with Crippen molar-refractivity contribution in [3.63, 3.8) is 0 Å². The zero-order chi connectivity index (χ0) is 10.0. The maximum absolute atomic E-state index is 10.7. The number of aryl methyl sites for hydroxylation is 1. The predicted octanol–water partition coefficient (Wildman–Crippen LogP) is 1.41. The number of hydrogen-bond donors (Lipinski definition) is 0. The van der Waals surface area contributed by atoms with Crippen molar-refractivity contribution in [1.82, 2.24) is 0 Å². The standard InChI is InChI=1S/C9H9NO2S/c1-6-3-4-9(13(11)12)7(2)8(6)5-10/h3-4H,1-2H3,(H,11,12)/p-1. The minimum atomic E-state index is -2.26. The first-order chi connectivity index (χ1) is 6.07. The van der Waals surface area contributed by atoms with E-state index >= 15 is 0 Å². The summed E-state index contributed by atoms with van der Waals surface area (Å²) >= 11 is -2.26. The van der Waals surface area contributed by atoms with Crippen molar-refractivity contribution in [2.45, 2.75) is 18.7 Å². The van der Waals surface area contributed by atoms with E-state index in [1.807, 2.05) is 6.07 Å². The van der Waals surface area contributed by atoms with Gasteiger partial charge in [0, 0.05) is 4.90 Å². The predicted molar refractivity (Wildman–Crippen MR) is 47.8 cm³/mol. The van der Waals surface area contributed by atoms with Gasteiger partial charge in [0.2, 0.25) is 0 Å². The molecule has 0 saturated heterocycles. The summed E-state index contributed by atoms with van der Waals surface area (Å²) in [5.41, 5.74) is 1.77. The molecule has 0 amide bonds. The molecule has 1 rings (SSSR count). The number of nitriles is 1. The Morgan fingerprint density at radius 2 is 2.08 bits per heavy atom. The van der Waals surface area contributed by atoms with Crippen LogP contribution >= 0.6 is 0 Å². The normalized spacial score (nSPS) is 12.2. The Labute approximate surface area is 79.3 Å². The molecule has 0 aliphatic carbocycles. The average Bonchev–Trinajstić information content (AvgIpc) is 2.04. The van der Waals surface area contributed by atoms with Crippen LogP contribution in [0, 0.1) is 25.2 Å². The lowest BCUT2D eigenvalue weighted by Gasteiger charge is -2.11. The number of hydrogen-bond acceptors (Lipinski definition) is 3. The van der Waals surface area contributed by atoms with Crippen LogP contribution in [0.2, 0.25) is 0 Å². The van der Waals surface area contributed by atoms with Gasteiger partial charge >= 0.3 is 0 Å². The molecule has 0 bridgehead atoms. The minimum absolute atomic E-state index is 0.196. The van der Waals surface area contributed by atoms with Crippen LogP contribution in [0.1, 0.15) is 16.7 Å². The topological polar surface area (TPSA) is 63.9 Å². The van der Waals surface area contributed by atoms with E-state index in [1.54, 1.807) is 19.9 Å². The molecule has 1 aromatic carbocycles. The molecule has 0 aliphatic rings. The fraction of sp³-hybridized carbons (Fsp3) is 0.222. The van der Waals surface area contributed by atoms with Gasteiger partial charge < -0.3 is 4.55 Å². The van der Waals surface area contributed by atoms with Crippen LogP contribution in [0.25, 0.3) is 0 Å². The summed E-state index contributed by atoms with van der Waals surface area (Å²) in [7, 11) is 0. The summed E-state index contributed by atoms with van der Waals surface area (Å²) < 4.78 is 21.4. The van der Waals surface area contributed by atoms with E-state index in [1.165, 1.54) is 6.07 Å². The lowest BCUT2D eigenvalue weighted by molar-refractivity contribution is 0.536. The average molecular weight is 194 g/mol. The lowest BCUT2D eigenvalue weighted by Crippen LogP contribution is -1.97. The molecule has 1 unspecified atom stereocenters. The summed E-state index contributed by atoms with van der Waals surface area (Å²) in [6.07, 6.45) is 0. The SMILES string of the molecule is Cc1ccc(S(=O)[O-])c(C)c1C#N. The fourth-order valence-electron chi connectivity index (χ4n) is 1.18. The highest BCUT2D eigenvalue weighted by Gasteiger charge is 2.06. The molecule has 0 fully saturated rings. The number of nitrogens with zero attached hydrogens (tertiary/aromatic N) is 1. The van der Waals surface area contributed by atoms with E-state index in [0.29, 0.717) is 11.1 Å². The molecule has 0 spiro atoms. The van der Waals surface area contributed by atoms with Gasteiger partial charge in [-0.2, -0.15) is 5.26 Å². The van der Waals surface area contributed by atoms with Gasteiger partial charge in [-0.1, -0.05) is 6.07 Å². The monoisotopic (exact) mass is 194 g/mol. The Balaban J connectivity index is 3.47. The van der Waals surface area contributed by atoms with Crippen molar-refractivity contribution in [1.29, 1.82) is 5.26 Å². The third kappa shape index (κ3) is 1.77. The van der Waals surface area contributed by atoms with Crippen LogP contribution in [0.5, 0.6) is 0 Å². The zero-order valence-electron chi connectivity index (χ0n) is 7.33. The Hall–Kier alpha value is -1.18. The quantitative estimate of drug-likeness (QED) is 0.635. The fourth-order valence-corrected chi connectivity index (χ4v) is 1.71. The molecular formula is C9H8NO2S-. The van der Waals surface area contributed by atoms with Crippen LogP contribution in [0.4, 0.5) is 0 Å². The van der Waals surface area contributed by atoms with Gasteiger partial charge in [0.1, 0.15) is 0 Å². The van der Waals surface area contributed by atoms with Gasteiger partial charge in [-0.25, -0.2) is 0 Å². The molecule has 1 aromatic rings. The number of rotatable bonds is 1. The first-order valence-corrected chi connectivity index (χ1v) is 4.75. The largest absolute Gasteiger partial charge is 0.768 e. The highest BCUT2D eigenvalue weighted by atomic mass is 32.2. The van der Waals surface area contributed by atoms with E-state index in [2.05, 4.69) is 0 Å². The van der Waals surface area contributed by atoms with Crippen LogP contribution in [-0.4, -0.2) is 8.76 Å². The van der Waals surface area contributed by atoms with Crippen LogP contribution in [-0.2, 0) is 11.1 Å². The maximum Gasteiger partial charge on any atom is 0.0997 e. The van der Waals surface area contributed by atoms with Crippen LogP contribution in [0.15, 0.2) is 17.0 Å². The summed E-state index contributed by atoms with van der Waals surface area (Å²) in [6, 6.07) is 5.13. The molecule has 0 heterocycles. The molecule has 0 aliphatic heterocycles. The van der Waals surface area contributed by atoms with Crippen LogP contribution < -0.4 is 0 Å². The van der Waals surface area contributed by atoms with Crippen molar-refractivity contribution in [2.75, 3.05) is 0 Å². The minimum Gasteiger partial charge on any atom is -0.768 e. The Kier molecular flexibility index (Phi) is 2.81. The maximum atomic E-state index is 10.7. The summed E-state index contributed by atoms with van der Waals surface area (Å²) in [5.74, 6) is 0. The van der Waals surface area contributed by atoms with E-state index < -0.39 is 11.1 Å². The Morgan fingerprint density at radius 3 is 2.54 bits per heavy atom. The smallest absolute Gasteiger partial charge is 0.0997 e. The van der Waals surface area contributed by atoms with E-state index in [0.717, 1.165) is 5.56 Å². The van der Waals surface area contributed by atoms with Crippen LogP contribution in [0.3, 0.4) is 0 Å². The molecule has 0 N–H and O–H groups in total. The van der Waals surface area contributed by atoms with Gasteiger partial charge in [-0.05, 0) is 42.1 Å². The van der Waals surface area contributed by atoms with Crippen molar-refractivity contribution in [2.24, 2.45) is 0 Å². The zero-order valence-corrected chi connectivity index (χ0v) is 8.14. The second kappa shape index (κ2) is 3.69. The van der Waals surface area contributed by atoms with E-state index in [9.17, 15) is 8.76 Å². The van der Waals surface area contributed by atoms with Crippen molar-refractivity contribution in [3.05, 3.63) is 28.8 Å². The van der Waals surface area contributed by atoms with Crippen molar-refractivity contribution < 1.29 is 8.76 Å². The molecule has 0 aromatic heterocycles. The van der Waals surface area contributed by atoms with Gasteiger partial charge in [-0.3, -0.25) is 4.21 Å². The lowest BCUT2D eigenvalue weighted by atomic mass is 10.0. The van der Waals surface area contributed by atoms with Crippen molar-refractivity contribution >= 4 is 11.1 Å². The van der Waals surface area contributed by atoms with E-state index in [4.69, 9.17) is 5.26 Å². The highest BCUT2D eigenvalue weighted by Crippen LogP contribution is 2.19. The second-order valence-electron chi connectivity index (χ2n) is 2.73. The molecular weight excluding hydrogens is 186 g/mol. The third-order valence-corrected chi connectivity index (χ3v) is 2.72. The summed E-state index contributed by atoms with van der Waals surface area (Å²) in [4.78, 5) is 0.196. The molecule has 68 valence electrons. The highest BCUT2D eigenvalue weighted by molar-refractivity contribution is 7.79. The Bertz CT molecular complexity index is 407. The summed E-state index contributed by atoms with van der Waals surface area (Å²) in [6.45, 7) is 3.42. The third-order valence-electron chi connectivity index (χ3n) is 1.92. The van der Waals surface area contributed by atoms with Crippen molar-refractivity contribution in [3.8, 4) is 6.07 Å². The molecule has 1 atom stereocenters. The van der Waals surface area contributed by atoms with E-state index in [-0.39, 0.29) is 4.90 Å². The number of benzene rings is 1. The first kappa shape index (κ1) is 9.90. The second-order valence-corrected chi connectivity index (χ2v) is 3.64. The Morgan fingerprint density at radius 1 is 1.46 bits per heavy atom. The molecule has 4 heteroatoms. The van der Waals surface area contributed by atoms with Gasteiger partial charge in [0.05, 0.1) is 11.6 Å². The van der Waals surface area contributed by atoms with Gasteiger partial charge in [0.25, 0.3) is 0 Å². The molecule has 3 nitrogen and oxygen atoms in total.